The number of anilines is 1. The van der Waals surface area contributed by atoms with Gasteiger partial charge in [0, 0.05) is 31.7 Å². The van der Waals surface area contributed by atoms with Crippen LogP contribution >= 0.6 is 11.3 Å². The van der Waals surface area contributed by atoms with Gasteiger partial charge in [0.2, 0.25) is 0 Å². The number of aromatic nitrogens is 1. The van der Waals surface area contributed by atoms with Crippen molar-refractivity contribution < 1.29 is 22.7 Å². The van der Waals surface area contributed by atoms with Crippen LogP contribution in [-0.4, -0.2) is 60.0 Å². The Labute approximate surface area is 243 Å². The van der Waals surface area contributed by atoms with Crippen molar-refractivity contribution in [2.24, 2.45) is 10.9 Å². The fourth-order valence-electron chi connectivity index (χ4n) is 5.28. The molecule has 0 bridgehead atoms. The lowest BCUT2D eigenvalue weighted by molar-refractivity contribution is -0.137. The quantitative estimate of drug-likeness (QED) is 0.274. The second-order valence-electron chi connectivity index (χ2n) is 12.0. The number of carbonyl (C=O) groups is 1. The number of aliphatic imine (C=N–C) groups is 1. The highest BCUT2D eigenvalue weighted by Crippen LogP contribution is 2.36. The molecule has 2 aromatic carbocycles. The molecule has 0 unspecified atom stereocenters. The SMILES string of the molecule is Cc1cc(CCN(CCC2CCN(C(=O)OC(C)(C)C)CC2)c2nc3ccc(C(F)(F)F)cc3s2)ccc1C1=NC1. The number of aryl methyl sites for hydroxylation is 1. The summed E-state index contributed by atoms with van der Waals surface area (Å²) in [5.41, 5.74) is 4.19. The highest BCUT2D eigenvalue weighted by molar-refractivity contribution is 7.22. The van der Waals surface area contributed by atoms with Crippen LogP contribution in [0.3, 0.4) is 0 Å². The molecule has 10 heteroatoms. The van der Waals surface area contributed by atoms with Crippen LogP contribution in [0.15, 0.2) is 41.4 Å². The molecule has 0 saturated carbocycles. The van der Waals surface area contributed by atoms with Gasteiger partial charge in [-0.3, -0.25) is 4.99 Å². The summed E-state index contributed by atoms with van der Waals surface area (Å²) >= 11 is 1.31. The van der Waals surface area contributed by atoms with E-state index in [1.54, 1.807) is 4.90 Å². The number of ether oxygens (including phenoxy) is 1. The van der Waals surface area contributed by atoms with Gasteiger partial charge in [-0.05, 0) is 88.6 Å². The molecular formula is C31H37F3N4O2S. The summed E-state index contributed by atoms with van der Waals surface area (Å²) in [5.74, 6) is 0.447. The molecule has 3 aromatic rings. The van der Waals surface area contributed by atoms with Crippen LogP contribution in [0.5, 0.6) is 0 Å². The molecule has 41 heavy (non-hydrogen) atoms. The minimum atomic E-state index is -4.39. The third-order valence-electron chi connectivity index (χ3n) is 7.64. The molecular weight excluding hydrogens is 549 g/mol. The normalized spacial score (nSPS) is 16.2. The number of amides is 1. The lowest BCUT2D eigenvalue weighted by atomic mass is 9.93. The van der Waals surface area contributed by atoms with E-state index < -0.39 is 17.3 Å². The van der Waals surface area contributed by atoms with E-state index in [0.717, 1.165) is 55.7 Å². The lowest BCUT2D eigenvalue weighted by Crippen LogP contribution is -2.42. The van der Waals surface area contributed by atoms with E-state index in [-0.39, 0.29) is 6.09 Å². The first-order valence-electron chi connectivity index (χ1n) is 14.2. The van der Waals surface area contributed by atoms with Crippen molar-refractivity contribution in [2.45, 2.75) is 65.2 Å². The number of likely N-dealkylation sites (tertiary alicyclic amines) is 1. The first kappa shape index (κ1) is 29.4. The molecule has 0 spiro atoms. The second-order valence-corrected chi connectivity index (χ2v) is 13.0. The van der Waals surface area contributed by atoms with Crippen LogP contribution in [0.2, 0.25) is 0 Å². The van der Waals surface area contributed by atoms with E-state index in [1.807, 2.05) is 20.8 Å². The van der Waals surface area contributed by atoms with Crippen LogP contribution < -0.4 is 4.90 Å². The zero-order valence-electron chi connectivity index (χ0n) is 24.1. The van der Waals surface area contributed by atoms with Gasteiger partial charge in [0.25, 0.3) is 0 Å². The Hall–Kier alpha value is -3.14. The van der Waals surface area contributed by atoms with E-state index >= 15 is 0 Å². The van der Waals surface area contributed by atoms with Crippen molar-refractivity contribution in [2.75, 3.05) is 37.6 Å². The molecule has 5 rings (SSSR count). The fraction of sp³-hybridized carbons (Fsp3) is 0.516. The van der Waals surface area contributed by atoms with Crippen LogP contribution in [0, 0.1) is 12.8 Å². The maximum Gasteiger partial charge on any atom is 0.416 e. The average Bonchev–Trinajstić information content (AvgIpc) is 3.65. The van der Waals surface area contributed by atoms with Crippen molar-refractivity contribution in [1.29, 1.82) is 0 Å². The van der Waals surface area contributed by atoms with Gasteiger partial charge < -0.3 is 14.5 Å². The molecule has 3 heterocycles. The Kier molecular flexibility index (Phi) is 8.32. The minimum Gasteiger partial charge on any atom is -0.444 e. The van der Waals surface area contributed by atoms with E-state index in [1.165, 1.54) is 40.2 Å². The number of alkyl halides is 3. The number of hydrogen-bond donors (Lipinski definition) is 0. The summed E-state index contributed by atoms with van der Waals surface area (Å²) in [4.78, 5) is 25.5. The number of hydrogen-bond acceptors (Lipinski definition) is 6. The van der Waals surface area contributed by atoms with Gasteiger partial charge in [0.1, 0.15) is 5.60 Å². The molecule has 2 aliphatic heterocycles. The smallest absolute Gasteiger partial charge is 0.416 e. The van der Waals surface area contributed by atoms with Crippen LogP contribution in [0.1, 0.15) is 62.3 Å². The van der Waals surface area contributed by atoms with Gasteiger partial charge in [0.05, 0.1) is 28.0 Å². The number of carbonyl (C=O) groups excluding carboxylic acids is 1. The molecule has 0 atom stereocenters. The Morgan fingerprint density at radius 3 is 2.46 bits per heavy atom. The van der Waals surface area contributed by atoms with Crippen LogP contribution in [0.25, 0.3) is 10.2 Å². The summed E-state index contributed by atoms with van der Waals surface area (Å²) in [7, 11) is 0. The molecule has 1 aromatic heterocycles. The molecule has 1 saturated heterocycles. The first-order chi connectivity index (χ1) is 19.4. The van der Waals surface area contributed by atoms with Gasteiger partial charge in [-0.15, -0.1) is 0 Å². The van der Waals surface area contributed by atoms with Gasteiger partial charge in [0.15, 0.2) is 5.13 Å². The predicted octanol–water partition coefficient (Wildman–Crippen LogP) is 7.51. The minimum absolute atomic E-state index is 0.264. The molecule has 220 valence electrons. The maximum atomic E-state index is 13.3. The number of thiazole rings is 1. The second kappa shape index (κ2) is 11.6. The summed E-state index contributed by atoms with van der Waals surface area (Å²) in [5, 5.41) is 0.742. The zero-order chi connectivity index (χ0) is 29.4. The first-order valence-corrected chi connectivity index (χ1v) is 15.0. The van der Waals surface area contributed by atoms with Crippen LogP contribution in [-0.2, 0) is 17.3 Å². The molecule has 1 amide bonds. The number of halogens is 3. The molecule has 2 aliphatic rings. The van der Waals surface area contributed by atoms with Crippen molar-refractivity contribution in [3.05, 3.63) is 58.7 Å². The largest absolute Gasteiger partial charge is 0.444 e. The van der Waals surface area contributed by atoms with Crippen molar-refractivity contribution in [3.8, 4) is 0 Å². The summed E-state index contributed by atoms with van der Waals surface area (Å²) in [6.45, 7) is 11.3. The fourth-order valence-corrected chi connectivity index (χ4v) is 6.33. The summed E-state index contributed by atoms with van der Waals surface area (Å²) < 4.78 is 46.0. The summed E-state index contributed by atoms with van der Waals surface area (Å²) in [6.07, 6.45) is -1.14. The predicted molar refractivity (Wildman–Crippen MR) is 158 cm³/mol. The van der Waals surface area contributed by atoms with Crippen molar-refractivity contribution >= 4 is 38.5 Å². The van der Waals surface area contributed by atoms with E-state index in [9.17, 15) is 18.0 Å². The van der Waals surface area contributed by atoms with Crippen molar-refractivity contribution in [3.63, 3.8) is 0 Å². The Balaban J connectivity index is 1.27. The lowest BCUT2D eigenvalue weighted by Gasteiger charge is -2.34. The maximum absolute atomic E-state index is 13.3. The van der Waals surface area contributed by atoms with Crippen molar-refractivity contribution in [1.82, 2.24) is 9.88 Å². The standard InChI is InChI=1S/C31H37F3N4O2S/c1-20-17-22(5-7-24(20)26-19-35-26)12-14-37(28-36-25-8-6-23(31(32,33)34)18-27(25)41-28)13-9-21-10-15-38(16-11-21)29(39)40-30(2,3)4/h5-8,17-18,21H,9-16,19H2,1-4H3. The summed E-state index contributed by atoms with van der Waals surface area (Å²) in [6, 6.07) is 10.2. The number of benzene rings is 2. The molecule has 0 radical (unpaired) electrons. The number of piperidine rings is 1. The Morgan fingerprint density at radius 1 is 1.10 bits per heavy atom. The van der Waals surface area contributed by atoms with Gasteiger partial charge in [-0.2, -0.15) is 13.2 Å². The topological polar surface area (TPSA) is 58.0 Å². The third kappa shape index (κ3) is 7.58. The highest BCUT2D eigenvalue weighted by Gasteiger charge is 2.31. The zero-order valence-corrected chi connectivity index (χ0v) is 24.9. The molecule has 0 aliphatic carbocycles. The number of nitrogens with zero attached hydrogens (tertiary/aromatic N) is 4. The molecule has 0 N–H and O–H groups in total. The van der Waals surface area contributed by atoms with E-state index in [4.69, 9.17) is 9.72 Å². The Bertz CT molecular complexity index is 1440. The van der Waals surface area contributed by atoms with E-state index in [0.29, 0.717) is 35.8 Å². The van der Waals surface area contributed by atoms with E-state index in [2.05, 4.69) is 35.0 Å². The third-order valence-corrected chi connectivity index (χ3v) is 8.72. The van der Waals surface area contributed by atoms with Gasteiger partial charge in [-0.1, -0.05) is 29.5 Å². The van der Waals surface area contributed by atoms with Gasteiger partial charge in [-0.25, -0.2) is 9.78 Å². The van der Waals surface area contributed by atoms with Gasteiger partial charge >= 0.3 is 12.3 Å². The molecule has 1 fully saturated rings. The van der Waals surface area contributed by atoms with Crippen LogP contribution in [0.4, 0.5) is 23.1 Å². The Morgan fingerprint density at radius 2 is 1.83 bits per heavy atom. The highest BCUT2D eigenvalue weighted by atomic mass is 32.1. The monoisotopic (exact) mass is 586 g/mol. The number of fused-ring (bicyclic) bond motifs is 1. The number of rotatable bonds is 8. The average molecular weight is 587 g/mol. The molecule has 6 nitrogen and oxygen atoms in total.